The van der Waals surface area contributed by atoms with Crippen LogP contribution in [-0.2, 0) is 32.6 Å². The maximum Gasteiger partial charge on any atom is 0.271 e. The van der Waals surface area contributed by atoms with E-state index in [4.69, 9.17) is 0 Å². The van der Waals surface area contributed by atoms with Crippen molar-refractivity contribution in [2.45, 2.75) is 32.9 Å². The summed E-state index contributed by atoms with van der Waals surface area (Å²) in [7, 11) is -4.02. The van der Waals surface area contributed by atoms with Gasteiger partial charge in [-0.1, -0.05) is 66.2 Å². The Morgan fingerprint density at radius 3 is 2.26 bits per heavy atom. The summed E-state index contributed by atoms with van der Waals surface area (Å²) >= 11 is 0. The van der Waals surface area contributed by atoms with Crippen molar-refractivity contribution >= 4 is 33.2 Å². The number of carbonyl (C=O) groups excluding carboxylic acids is 2. The van der Waals surface area contributed by atoms with Gasteiger partial charge in [0.25, 0.3) is 5.69 Å². The summed E-state index contributed by atoms with van der Waals surface area (Å²) < 4.78 is 26.4. The van der Waals surface area contributed by atoms with Gasteiger partial charge in [-0.2, -0.15) is 0 Å². The standard InChI is InChI=1S/C28H32N4O6S/c1-4-29-28(34)26(17-22-11-6-5-7-12-22)30(19-23-13-8-10-21(2)16-23)27(33)20-31(39(3,37)38)24-14-9-15-25(18-24)32(35)36/h5-16,18,26H,4,17,19-20H2,1-3H3,(H,29,34). The number of nitrogens with zero attached hydrogens (tertiary/aromatic N) is 3. The van der Waals surface area contributed by atoms with Gasteiger partial charge < -0.3 is 10.2 Å². The number of amides is 2. The van der Waals surface area contributed by atoms with Crippen LogP contribution >= 0.6 is 0 Å². The molecule has 39 heavy (non-hydrogen) atoms. The lowest BCUT2D eigenvalue weighted by Gasteiger charge is -2.33. The second kappa shape index (κ2) is 13.0. The predicted octanol–water partition coefficient (Wildman–Crippen LogP) is 3.45. The molecule has 2 amide bonds. The first kappa shape index (κ1) is 29.3. The van der Waals surface area contributed by atoms with Crippen molar-refractivity contribution in [1.82, 2.24) is 10.2 Å². The summed E-state index contributed by atoms with van der Waals surface area (Å²) in [5.41, 5.74) is 2.23. The Morgan fingerprint density at radius 1 is 0.974 bits per heavy atom. The number of nitro groups is 1. The molecule has 1 N–H and O–H groups in total. The largest absolute Gasteiger partial charge is 0.355 e. The van der Waals surface area contributed by atoms with Crippen molar-refractivity contribution in [3.8, 4) is 0 Å². The third-order valence-corrected chi connectivity index (χ3v) is 7.21. The Kier molecular flexibility index (Phi) is 9.78. The summed E-state index contributed by atoms with van der Waals surface area (Å²) in [4.78, 5) is 39.3. The fourth-order valence-corrected chi connectivity index (χ4v) is 5.07. The average molecular weight is 553 g/mol. The first-order valence-corrected chi connectivity index (χ1v) is 14.2. The van der Waals surface area contributed by atoms with Gasteiger partial charge in [-0.25, -0.2) is 8.42 Å². The Bertz CT molecular complexity index is 1430. The lowest BCUT2D eigenvalue weighted by Crippen LogP contribution is -2.53. The van der Waals surface area contributed by atoms with E-state index in [-0.39, 0.29) is 30.2 Å². The number of sulfonamides is 1. The van der Waals surface area contributed by atoms with Crippen molar-refractivity contribution in [2.75, 3.05) is 23.7 Å². The van der Waals surface area contributed by atoms with E-state index in [2.05, 4.69) is 5.32 Å². The van der Waals surface area contributed by atoms with E-state index in [9.17, 15) is 28.1 Å². The highest BCUT2D eigenvalue weighted by Crippen LogP contribution is 2.24. The zero-order chi connectivity index (χ0) is 28.6. The third-order valence-electron chi connectivity index (χ3n) is 6.07. The van der Waals surface area contributed by atoms with E-state index in [1.165, 1.54) is 23.1 Å². The molecule has 3 aromatic rings. The number of nitrogens with one attached hydrogen (secondary N) is 1. The Morgan fingerprint density at radius 2 is 1.64 bits per heavy atom. The van der Waals surface area contributed by atoms with Gasteiger partial charge in [-0.15, -0.1) is 0 Å². The molecule has 0 fully saturated rings. The van der Waals surface area contributed by atoms with Crippen molar-refractivity contribution < 1.29 is 22.9 Å². The van der Waals surface area contributed by atoms with E-state index < -0.39 is 33.4 Å². The Balaban J connectivity index is 2.06. The molecular weight excluding hydrogens is 520 g/mol. The van der Waals surface area contributed by atoms with Crippen LogP contribution in [0.1, 0.15) is 23.6 Å². The maximum atomic E-state index is 13.9. The van der Waals surface area contributed by atoms with Gasteiger partial charge >= 0.3 is 0 Å². The number of non-ortho nitro benzene ring substituents is 1. The highest BCUT2D eigenvalue weighted by molar-refractivity contribution is 7.92. The fourth-order valence-electron chi connectivity index (χ4n) is 4.23. The molecule has 0 saturated heterocycles. The summed E-state index contributed by atoms with van der Waals surface area (Å²) in [6, 6.07) is 20.9. The second-order valence-corrected chi connectivity index (χ2v) is 11.1. The zero-order valence-electron chi connectivity index (χ0n) is 22.1. The molecule has 0 aliphatic heterocycles. The number of carbonyl (C=O) groups is 2. The second-order valence-electron chi connectivity index (χ2n) is 9.16. The molecule has 0 saturated carbocycles. The minimum Gasteiger partial charge on any atom is -0.355 e. The molecule has 0 heterocycles. The van der Waals surface area contributed by atoms with Crippen molar-refractivity contribution in [3.05, 3.63) is 106 Å². The van der Waals surface area contributed by atoms with Crippen molar-refractivity contribution in [3.63, 3.8) is 0 Å². The van der Waals surface area contributed by atoms with Crippen LogP contribution in [0.15, 0.2) is 78.9 Å². The summed E-state index contributed by atoms with van der Waals surface area (Å²) in [6.07, 6.45) is 1.13. The first-order chi connectivity index (χ1) is 18.5. The monoisotopic (exact) mass is 552 g/mol. The van der Waals surface area contributed by atoms with Gasteiger partial charge in [0.2, 0.25) is 21.8 Å². The van der Waals surface area contributed by atoms with Crippen LogP contribution in [0.5, 0.6) is 0 Å². The lowest BCUT2D eigenvalue weighted by atomic mass is 10.0. The number of rotatable bonds is 12. The molecule has 11 heteroatoms. The molecule has 3 aromatic carbocycles. The number of likely N-dealkylation sites (N-methyl/N-ethyl adjacent to an activating group) is 1. The zero-order valence-corrected chi connectivity index (χ0v) is 22.9. The van der Waals surface area contributed by atoms with E-state index >= 15 is 0 Å². The van der Waals surface area contributed by atoms with Crippen LogP contribution in [-0.4, -0.2) is 55.4 Å². The van der Waals surface area contributed by atoms with Crippen LogP contribution in [0.3, 0.4) is 0 Å². The number of anilines is 1. The van der Waals surface area contributed by atoms with E-state index in [1.807, 2.05) is 61.5 Å². The van der Waals surface area contributed by atoms with Gasteiger partial charge in [0.1, 0.15) is 12.6 Å². The summed E-state index contributed by atoms with van der Waals surface area (Å²) in [5.74, 6) is -0.996. The van der Waals surface area contributed by atoms with E-state index in [0.717, 1.165) is 33.3 Å². The van der Waals surface area contributed by atoms with Crippen LogP contribution in [0.4, 0.5) is 11.4 Å². The topological polar surface area (TPSA) is 130 Å². The lowest BCUT2D eigenvalue weighted by molar-refractivity contribution is -0.384. The van der Waals surface area contributed by atoms with Crippen LogP contribution < -0.4 is 9.62 Å². The minimum atomic E-state index is -4.02. The van der Waals surface area contributed by atoms with Crippen molar-refractivity contribution in [1.29, 1.82) is 0 Å². The number of nitro benzene ring substituents is 1. The molecule has 1 unspecified atom stereocenters. The average Bonchev–Trinajstić information content (AvgIpc) is 2.89. The smallest absolute Gasteiger partial charge is 0.271 e. The number of hydrogen-bond acceptors (Lipinski definition) is 6. The normalized spacial score (nSPS) is 11.9. The number of aryl methyl sites for hydroxylation is 1. The van der Waals surface area contributed by atoms with E-state index in [1.54, 1.807) is 6.92 Å². The third kappa shape index (κ3) is 8.11. The van der Waals surface area contributed by atoms with Crippen LogP contribution in [0.25, 0.3) is 0 Å². The molecule has 1 atom stereocenters. The molecule has 0 aliphatic rings. The number of hydrogen-bond donors (Lipinski definition) is 1. The molecule has 10 nitrogen and oxygen atoms in total. The quantitative estimate of drug-likeness (QED) is 0.271. The summed E-state index contributed by atoms with van der Waals surface area (Å²) in [5, 5.41) is 14.1. The molecule has 0 bridgehead atoms. The van der Waals surface area contributed by atoms with Gasteiger partial charge in [-0.05, 0) is 31.0 Å². The first-order valence-electron chi connectivity index (χ1n) is 12.4. The molecule has 0 aromatic heterocycles. The van der Waals surface area contributed by atoms with Gasteiger partial charge in [0.05, 0.1) is 16.9 Å². The Labute approximate surface area is 228 Å². The maximum absolute atomic E-state index is 13.9. The SMILES string of the molecule is CCNC(=O)C(Cc1ccccc1)N(Cc1cccc(C)c1)C(=O)CN(c1cccc([N+](=O)[O-])c1)S(C)(=O)=O. The van der Waals surface area contributed by atoms with E-state index in [0.29, 0.717) is 6.54 Å². The fraction of sp³-hybridized carbons (Fsp3) is 0.286. The van der Waals surface area contributed by atoms with Crippen LogP contribution in [0, 0.1) is 17.0 Å². The molecule has 206 valence electrons. The molecule has 0 radical (unpaired) electrons. The molecule has 0 aliphatic carbocycles. The molecule has 3 rings (SSSR count). The highest BCUT2D eigenvalue weighted by atomic mass is 32.2. The molecular formula is C28H32N4O6S. The van der Waals surface area contributed by atoms with Gasteiger partial charge in [0.15, 0.2) is 0 Å². The Hall–Kier alpha value is -4.25. The highest BCUT2D eigenvalue weighted by Gasteiger charge is 2.33. The van der Waals surface area contributed by atoms with Gasteiger partial charge in [0, 0.05) is 31.6 Å². The number of benzene rings is 3. The van der Waals surface area contributed by atoms with Crippen molar-refractivity contribution in [2.24, 2.45) is 0 Å². The predicted molar refractivity (Wildman–Crippen MR) is 150 cm³/mol. The van der Waals surface area contributed by atoms with Gasteiger partial charge in [-0.3, -0.25) is 24.0 Å². The van der Waals surface area contributed by atoms with Crippen LogP contribution in [0.2, 0.25) is 0 Å². The molecule has 0 spiro atoms. The summed E-state index contributed by atoms with van der Waals surface area (Å²) in [6.45, 7) is 3.45. The minimum absolute atomic E-state index is 0.0202.